The minimum atomic E-state index is 0.753. The van der Waals surface area contributed by atoms with Crippen LogP contribution in [0.2, 0.25) is 5.02 Å². The number of rotatable bonds is 5. The number of hydrogen-bond donors (Lipinski definition) is 0. The molecule has 1 aliphatic rings. The maximum atomic E-state index is 5.93. The highest BCUT2D eigenvalue weighted by atomic mass is 35.5. The van der Waals surface area contributed by atoms with Crippen molar-refractivity contribution in [1.82, 2.24) is 4.98 Å². The second kappa shape index (κ2) is 8.27. The molecule has 2 heterocycles. The molecule has 0 atom stereocenters. The van der Waals surface area contributed by atoms with Crippen LogP contribution in [0.5, 0.6) is 0 Å². The summed E-state index contributed by atoms with van der Waals surface area (Å²) in [5, 5.41) is 0.753. The Morgan fingerprint density at radius 1 is 1.25 bits per heavy atom. The van der Waals surface area contributed by atoms with Crippen molar-refractivity contribution in [2.45, 2.75) is 24.0 Å². The van der Waals surface area contributed by atoms with E-state index >= 15 is 0 Å². The van der Waals surface area contributed by atoms with Crippen molar-refractivity contribution in [2.24, 2.45) is 9.98 Å². The van der Waals surface area contributed by atoms with Crippen molar-refractivity contribution in [3.8, 4) is 0 Å². The van der Waals surface area contributed by atoms with Gasteiger partial charge < -0.3 is 0 Å². The Labute approximate surface area is 151 Å². The van der Waals surface area contributed by atoms with Crippen LogP contribution in [0.1, 0.15) is 18.9 Å². The van der Waals surface area contributed by atoms with Gasteiger partial charge in [-0.1, -0.05) is 23.7 Å². The number of halogens is 1. The van der Waals surface area contributed by atoms with E-state index in [9.17, 15) is 0 Å². The molecule has 0 aliphatic carbocycles. The SMILES string of the molecule is CC(=Nc1ncccc1CSc1ccc(Cl)cc1)C1=NCCC=C1. The summed E-state index contributed by atoms with van der Waals surface area (Å²) in [6.07, 6.45) is 6.95. The van der Waals surface area contributed by atoms with Gasteiger partial charge in [0.15, 0.2) is 5.82 Å². The molecule has 24 heavy (non-hydrogen) atoms. The van der Waals surface area contributed by atoms with Crippen molar-refractivity contribution < 1.29 is 0 Å². The maximum absolute atomic E-state index is 5.93. The van der Waals surface area contributed by atoms with E-state index < -0.39 is 0 Å². The monoisotopic (exact) mass is 355 g/mol. The Bertz CT molecular complexity index is 795. The molecular weight excluding hydrogens is 338 g/mol. The number of aromatic nitrogens is 1. The lowest BCUT2D eigenvalue weighted by Crippen LogP contribution is -2.10. The molecule has 2 aromatic rings. The minimum absolute atomic E-state index is 0.753. The molecule has 0 amide bonds. The van der Waals surface area contributed by atoms with Crippen molar-refractivity contribution in [3.63, 3.8) is 0 Å². The molecule has 0 bridgehead atoms. The van der Waals surface area contributed by atoms with Crippen molar-refractivity contribution in [3.05, 3.63) is 65.3 Å². The Kier molecular flexibility index (Phi) is 5.83. The molecule has 5 heteroatoms. The highest BCUT2D eigenvalue weighted by Gasteiger charge is 2.07. The summed E-state index contributed by atoms with van der Waals surface area (Å²) < 4.78 is 0. The summed E-state index contributed by atoms with van der Waals surface area (Å²) >= 11 is 7.68. The van der Waals surface area contributed by atoms with Gasteiger partial charge in [0.25, 0.3) is 0 Å². The Hall–Kier alpha value is -1.91. The highest BCUT2D eigenvalue weighted by molar-refractivity contribution is 7.98. The summed E-state index contributed by atoms with van der Waals surface area (Å²) in [4.78, 5) is 14.8. The van der Waals surface area contributed by atoms with E-state index in [-0.39, 0.29) is 0 Å². The number of hydrogen-bond acceptors (Lipinski definition) is 4. The number of benzene rings is 1. The van der Waals surface area contributed by atoms with Gasteiger partial charge in [0.1, 0.15) is 0 Å². The van der Waals surface area contributed by atoms with Crippen molar-refractivity contribution in [2.75, 3.05) is 6.54 Å². The van der Waals surface area contributed by atoms with E-state index in [4.69, 9.17) is 16.6 Å². The van der Waals surface area contributed by atoms with Crippen LogP contribution in [0.15, 0.2) is 69.6 Å². The summed E-state index contributed by atoms with van der Waals surface area (Å²) in [7, 11) is 0. The van der Waals surface area contributed by atoms with Gasteiger partial charge in [-0.2, -0.15) is 0 Å². The summed E-state index contributed by atoms with van der Waals surface area (Å²) in [6, 6.07) is 11.9. The summed E-state index contributed by atoms with van der Waals surface area (Å²) in [5.41, 5.74) is 2.96. The normalized spacial score (nSPS) is 14.6. The van der Waals surface area contributed by atoms with E-state index in [0.29, 0.717) is 0 Å². The van der Waals surface area contributed by atoms with Gasteiger partial charge in [0, 0.05) is 34.0 Å². The Morgan fingerprint density at radius 2 is 2.08 bits per heavy atom. The molecule has 0 unspecified atom stereocenters. The van der Waals surface area contributed by atoms with Crippen LogP contribution in [0.4, 0.5) is 5.82 Å². The first-order chi connectivity index (χ1) is 11.7. The first-order valence-corrected chi connectivity index (χ1v) is 9.17. The zero-order valence-corrected chi connectivity index (χ0v) is 15.0. The quantitative estimate of drug-likeness (QED) is 0.523. The van der Waals surface area contributed by atoms with Crippen molar-refractivity contribution >= 4 is 40.6 Å². The third-order valence-corrected chi connectivity index (χ3v) is 4.89. The average molecular weight is 356 g/mol. The number of thioether (sulfide) groups is 1. The fourth-order valence-corrected chi connectivity index (χ4v) is 3.30. The molecule has 0 fully saturated rings. The molecule has 0 saturated carbocycles. The van der Waals surface area contributed by atoms with Gasteiger partial charge in [0.05, 0.1) is 11.4 Å². The van der Waals surface area contributed by atoms with Crippen LogP contribution >= 0.6 is 23.4 Å². The zero-order valence-electron chi connectivity index (χ0n) is 13.4. The number of dihydropyridines is 1. The second-order valence-corrected chi connectivity index (χ2v) is 6.87. The molecule has 1 aromatic carbocycles. The molecular formula is C19H18ClN3S. The second-order valence-electron chi connectivity index (χ2n) is 5.38. The molecule has 0 N–H and O–H groups in total. The number of nitrogens with zero attached hydrogens (tertiary/aromatic N) is 3. The van der Waals surface area contributed by atoms with E-state index in [0.717, 1.165) is 46.5 Å². The standard InChI is InChI=1S/C19H18ClN3S/c1-14(18-6-2-3-11-21-18)23-19-15(5-4-12-22-19)13-24-17-9-7-16(20)8-10-17/h2,4-10,12H,3,11,13H2,1H3. The van der Waals surface area contributed by atoms with Gasteiger partial charge in [0.2, 0.25) is 0 Å². The summed E-state index contributed by atoms with van der Waals surface area (Å²) in [5.74, 6) is 1.57. The first kappa shape index (κ1) is 16.9. The fraction of sp³-hybridized carbons (Fsp3) is 0.211. The van der Waals surface area contributed by atoms with Crippen LogP contribution < -0.4 is 0 Å². The Morgan fingerprint density at radius 3 is 2.83 bits per heavy atom. The topological polar surface area (TPSA) is 37.6 Å². The van der Waals surface area contributed by atoms with Crippen LogP contribution in [0.3, 0.4) is 0 Å². The molecule has 3 rings (SSSR count). The van der Waals surface area contributed by atoms with Crippen LogP contribution in [-0.2, 0) is 5.75 Å². The molecule has 0 radical (unpaired) electrons. The predicted molar refractivity (Wildman–Crippen MR) is 104 cm³/mol. The summed E-state index contributed by atoms with van der Waals surface area (Å²) in [6.45, 7) is 2.82. The minimum Gasteiger partial charge on any atom is -0.283 e. The van der Waals surface area contributed by atoms with Crippen LogP contribution in [-0.4, -0.2) is 23.0 Å². The van der Waals surface area contributed by atoms with Crippen LogP contribution in [0.25, 0.3) is 0 Å². The Balaban J connectivity index is 1.76. The van der Waals surface area contributed by atoms with Gasteiger partial charge in [-0.15, -0.1) is 11.8 Å². The van der Waals surface area contributed by atoms with Crippen LogP contribution in [0, 0.1) is 0 Å². The van der Waals surface area contributed by atoms with E-state index in [1.165, 1.54) is 4.90 Å². The highest BCUT2D eigenvalue weighted by Crippen LogP contribution is 2.28. The fourth-order valence-electron chi connectivity index (χ4n) is 2.29. The van der Waals surface area contributed by atoms with Crippen molar-refractivity contribution in [1.29, 1.82) is 0 Å². The van der Waals surface area contributed by atoms with Gasteiger partial charge in [-0.3, -0.25) is 4.99 Å². The average Bonchev–Trinajstić information content (AvgIpc) is 2.63. The molecule has 3 nitrogen and oxygen atoms in total. The third-order valence-electron chi connectivity index (χ3n) is 3.57. The van der Waals surface area contributed by atoms with Gasteiger partial charge >= 0.3 is 0 Å². The molecule has 0 saturated heterocycles. The first-order valence-electron chi connectivity index (χ1n) is 7.81. The lowest BCUT2D eigenvalue weighted by molar-refractivity contribution is 0.997. The largest absolute Gasteiger partial charge is 0.283 e. The van der Waals surface area contributed by atoms with E-state index in [1.807, 2.05) is 43.3 Å². The van der Waals surface area contributed by atoms with E-state index in [2.05, 4.69) is 22.1 Å². The number of aliphatic imine (C=N–C) groups is 2. The molecule has 1 aliphatic heterocycles. The van der Waals surface area contributed by atoms with Gasteiger partial charge in [-0.05, 0) is 49.8 Å². The number of pyridine rings is 1. The lowest BCUT2D eigenvalue weighted by atomic mass is 10.1. The van der Waals surface area contributed by atoms with E-state index in [1.54, 1.807) is 18.0 Å². The molecule has 0 spiro atoms. The zero-order chi connectivity index (χ0) is 16.8. The molecule has 122 valence electrons. The predicted octanol–water partition coefficient (Wildman–Crippen LogP) is 5.52. The maximum Gasteiger partial charge on any atom is 0.156 e. The molecule has 1 aromatic heterocycles. The third kappa shape index (κ3) is 4.56. The van der Waals surface area contributed by atoms with Gasteiger partial charge in [-0.25, -0.2) is 9.98 Å². The smallest absolute Gasteiger partial charge is 0.156 e. The lowest BCUT2D eigenvalue weighted by Gasteiger charge is -2.08. The number of allylic oxidation sites excluding steroid dienone is 1.